The van der Waals surface area contributed by atoms with Crippen molar-refractivity contribution in [1.29, 1.82) is 5.26 Å². The zero-order chi connectivity index (χ0) is 15.2. The van der Waals surface area contributed by atoms with Gasteiger partial charge in [-0.3, -0.25) is 9.78 Å². The molecule has 110 valence electrons. The summed E-state index contributed by atoms with van der Waals surface area (Å²) >= 11 is 0. The van der Waals surface area contributed by atoms with Crippen LogP contribution < -0.4 is 0 Å². The highest BCUT2D eigenvalue weighted by Gasteiger charge is 2.15. The largest absolute Gasteiger partial charge is 0.377 e. The van der Waals surface area contributed by atoms with Crippen molar-refractivity contribution in [2.45, 2.75) is 12.5 Å². The van der Waals surface area contributed by atoms with Crippen molar-refractivity contribution in [3.8, 4) is 6.07 Å². The molecule has 0 N–H and O–H groups in total. The van der Waals surface area contributed by atoms with Crippen LogP contribution in [-0.4, -0.2) is 37.9 Å². The molecule has 0 fully saturated rings. The predicted octanol–water partition coefficient (Wildman–Crippen LogP) is 0.607. The van der Waals surface area contributed by atoms with Gasteiger partial charge in [0.1, 0.15) is 6.61 Å². The van der Waals surface area contributed by atoms with E-state index < -0.39 is 18.0 Å². The van der Waals surface area contributed by atoms with Crippen LogP contribution in [-0.2, 0) is 33.9 Å². The number of carbonyl (C=O) groups excluding carboxylic acids is 2. The van der Waals surface area contributed by atoms with E-state index in [9.17, 15) is 9.59 Å². The van der Waals surface area contributed by atoms with Crippen LogP contribution in [0.5, 0.6) is 0 Å². The maximum absolute atomic E-state index is 10.8. The molecule has 1 atom stereocenters. The molecule has 0 aromatic rings. The third-order valence-corrected chi connectivity index (χ3v) is 1.66. The summed E-state index contributed by atoms with van der Waals surface area (Å²) < 4.78 is 5.08. The van der Waals surface area contributed by atoms with Crippen molar-refractivity contribution in [2.24, 2.45) is 0 Å². The van der Waals surface area contributed by atoms with Crippen molar-refractivity contribution < 1.29 is 33.9 Å². The molecular formula is C12H15NO7. The molecule has 0 bridgehead atoms. The van der Waals surface area contributed by atoms with Gasteiger partial charge in [0.2, 0.25) is 0 Å². The SMILES string of the molecule is C=CC(=O)OOCC(COCCC#N)OOC(=O)C=C. The number of nitriles is 1. The van der Waals surface area contributed by atoms with Crippen LogP contribution in [0.1, 0.15) is 6.42 Å². The molecule has 0 aromatic heterocycles. The molecule has 0 saturated heterocycles. The van der Waals surface area contributed by atoms with Crippen LogP contribution in [0, 0.1) is 11.3 Å². The Morgan fingerprint density at radius 3 is 2.40 bits per heavy atom. The van der Waals surface area contributed by atoms with Crippen LogP contribution in [0.4, 0.5) is 0 Å². The Morgan fingerprint density at radius 1 is 1.15 bits per heavy atom. The molecule has 1 unspecified atom stereocenters. The van der Waals surface area contributed by atoms with E-state index in [4.69, 9.17) is 14.9 Å². The summed E-state index contributed by atoms with van der Waals surface area (Å²) in [4.78, 5) is 39.5. The van der Waals surface area contributed by atoms with E-state index in [-0.39, 0.29) is 26.2 Å². The fraction of sp³-hybridized carbons (Fsp3) is 0.417. The molecule has 0 rings (SSSR count). The third kappa shape index (κ3) is 9.78. The van der Waals surface area contributed by atoms with Crippen molar-refractivity contribution >= 4 is 11.9 Å². The Kier molecular flexibility index (Phi) is 10.5. The van der Waals surface area contributed by atoms with Crippen molar-refractivity contribution in [2.75, 3.05) is 19.8 Å². The van der Waals surface area contributed by atoms with E-state index in [0.717, 1.165) is 12.2 Å². The van der Waals surface area contributed by atoms with Gasteiger partial charge in [0.15, 0.2) is 6.10 Å². The molecule has 0 aliphatic heterocycles. The lowest BCUT2D eigenvalue weighted by atomic mass is 10.4. The van der Waals surface area contributed by atoms with Crippen LogP contribution in [0.15, 0.2) is 25.3 Å². The fourth-order valence-corrected chi connectivity index (χ4v) is 0.788. The highest BCUT2D eigenvalue weighted by atomic mass is 17.2. The van der Waals surface area contributed by atoms with Gasteiger partial charge >= 0.3 is 11.9 Å². The summed E-state index contributed by atoms with van der Waals surface area (Å²) in [5.74, 6) is -1.58. The second-order valence-corrected chi connectivity index (χ2v) is 3.20. The van der Waals surface area contributed by atoms with Gasteiger partial charge in [-0.05, 0) is 0 Å². The standard InChI is InChI=1S/C12H15NO7/c1-3-11(14)19-17-9-10(8-16-7-5-6-13)18-20-12(15)4-2/h3-4,10H,1-2,5,7-9H2. The van der Waals surface area contributed by atoms with E-state index in [1.807, 2.05) is 6.07 Å². The monoisotopic (exact) mass is 285 g/mol. The minimum Gasteiger partial charge on any atom is -0.377 e. The normalized spacial score (nSPS) is 10.9. The number of carbonyl (C=O) groups is 2. The predicted molar refractivity (Wildman–Crippen MR) is 64.5 cm³/mol. The van der Waals surface area contributed by atoms with Crippen molar-refractivity contribution in [3.05, 3.63) is 25.3 Å². The third-order valence-electron chi connectivity index (χ3n) is 1.66. The molecule has 0 aromatic carbocycles. The minimum absolute atomic E-state index is 0.0300. The van der Waals surface area contributed by atoms with E-state index in [1.54, 1.807) is 0 Å². The van der Waals surface area contributed by atoms with Crippen LogP contribution in [0.2, 0.25) is 0 Å². The Bertz CT molecular complexity index is 374. The van der Waals surface area contributed by atoms with Crippen LogP contribution >= 0.6 is 0 Å². The average Bonchev–Trinajstić information content (AvgIpc) is 2.47. The lowest BCUT2D eigenvalue weighted by Crippen LogP contribution is -2.27. The molecule has 0 amide bonds. The molecule has 0 aliphatic carbocycles. The lowest BCUT2D eigenvalue weighted by Gasteiger charge is -2.14. The van der Waals surface area contributed by atoms with Gasteiger partial charge in [-0.1, -0.05) is 13.2 Å². The summed E-state index contributed by atoms with van der Waals surface area (Å²) in [5, 5.41) is 8.34. The quantitative estimate of drug-likeness (QED) is 0.235. The summed E-state index contributed by atoms with van der Waals surface area (Å²) in [6.07, 6.45) is 1.18. The van der Waals surface area contributed by atoms with E-state index >= 15 is 0 Å². The van der Waals surface area contributed by atoms with E-state index in [2.05, 4.69) is 27.8 Å². The summed E-state index contributed by atoms with van der Waals surface area (Å²) in [6.45, 7) is 6.27. The Labute approximate surface area is 116 Å². The van der Waals surface area contributed by atoms with Crippen LogP contribution in [0.3, 0.4) is 0 Å². The second-order valence-electron chi connectivity index (χ2n) is 3.20. The molecule has 0 saturated carbocycles. The minimum atomic E-state index is -0.838. The Balaban J connectivity index is 4.06. The average molecular weight is 285 g/mol. The molecule has 8 heteroatoms. The molecular weight excluding hydrogens is 270 g/mol. The van der Waals surface area contributed by atoms with Crippen molar-refractivity contribution in [1.82, 2.24) is 0 Å². The van der Waals surface area contributed by atoms with Gasteiger partial charge < -0.3 is 4.74 Å². The topological polar surface area (TPSA) is 104 Å². The maximum atomic E-state index is 10.8. The van der Waals surface area contributed by atoms with Gasteiger partial charge in [-0.2, -0.15) is 15.0 Å². The Morgan fingerprint density at radius 2 is 1.80 bits per heavy atom. The van der Waals surface area contributed by atoms with Gasteiger partial charge in [-0.25, -0.2) is 9.59 Å². The number of ether oxygens (including phenoxy) is 1. The van der Waals surface area contributed by atoms with Gasteiger partial charge in [0.25, 0.3) is 0 Å². The highest BCUT2D eigenvalue weighted by molar-refractivity contribution is 5.80. The smallest absolute Gasteiger partial charge is 0.365 e. The van der Waals surface area contributed by atoms with E-state index in [1.165, 1.54) is 0 Å². The van der Waals surface area contributed by atoms with Crippen LogP contribution in [0.25, 0.3) is 0 Å². The number of rotatable bonds is 11. The molecule has 20 heavy (non-hydrogen) atoms. The first-order valence-electron chi connectivity index (χ1n) is 5.54. The first-order chi connectivity index (χ1) is 9.63. The number of hydrogen-bond acceptors (Lipinski definition) is 8. The summed E-state index contributed by atoms with van der Waals surface area (Å²) in [5.41, 5.74) is 0. The molecule has 0 aliphatic rings. The first-order valence-corrected chi connectivity index (χ1v) is 5.54. The Hall–Kier alpha value is -2.21. The maximum Gasteiger partial charge on any atom is 0.365 e. The highest BCUT2D eigenvalue weighted by Crippen LogP contribution is 1.99. The zero-order valence-corrected chi connectivity index (χ0v) is 10.8. The van der Waals surface area contributed by atoms with E-state index in [0.29, 0.717) is 0 Å². The molecule has 0 spiro atoms. The molecule has 0 radical (unpaired) electrons. The molecule has 8 nitrogen and oxygen atoms in total. The van der Waals surface area contributed by atoms with Crippen molar-refractivity contribution in [3.63, 3.8) is 0 Å². The van der Waals surface area contributed by atoms with Gasteiger partial charge in [0.05, 0.1) is 25.7 Å². The zero-order valence-electron chi connectivity index (χ0n) is 10.8. The molecule has 0 heterocycles. The summed E-state index contributed by atoms with van der Waals surface area (Å²) in [6, 6.07) is 1.89. The summed E-state index contributed by atoms with van der Waals surface area (Å²) in [7, 11) is 0. The second kappa shape index (κ2) is 11.9. The lowest BCUT2D eigenvalue weighted by molar-refractivity contribution is -0.338. The number of nitrogens with zero attached hydrogens (tertiary/aromatic N) is 1. The van der Waals surface area contributed by atoms with Gasteiger partial charge in [0, 0.05) is 12.2 Å². The first kappa shape index (κ1) is 17.8. The number of hydrogen-bond donors (Lipinski definition) is 0. The van der Waals surface area contributed by atoms with Gasteiger partial charge in [-0.15, -0.1) is 0 Å². The fourth-order valence-electron chi connectivity index (χ4n) is 0.788.